The van der Waals surface area contributed by atoms with Crippen LogP contribution < -0.4 is 5.32 Å². The molecule has 0 spiro atoms. The first-order valence-corrected chi connectivity index (χ1v) is 6.98. The van der Waals surface area contributed by atoms with E-state index in [0.717, 1.165) is 6.42 Å². The van der Waals surface area contributed by atoms with Crippen molar-refractivity contribution >= 4 is 0 Å². The van der Waals surface area contributed by atoms with E-state index in [0.29, 0.717) is 6.04 Å². The summed E-state index contributed by atoms with van der Waals surface area (Å²) in [7, 11) is 0. The molecule has 1 aromatic carbocycles. The molecule has 2 rings (SSSR count). The zero-order chi connectivity index (χ0) is 13.2. The molecule has 1 heterocycles. The third-order valence-corrected chi connectivity index (χ3v) is 3.88. The van der Waals surface area contributed by atoms with Gasteiger partial charge in [0.2, 0.25) is 0 Å². The molecule has 0 radical (unpaired) electrons. The van der Waals surface area contributed by atoms with Crippen LogP contribution in [0, 0.1) is 0 Å². The quantitative estimate of drug-likeness (QED) is 0.841. The highest BCUT2D eigenvalue weighted by Gasteiger charge is 2.22. The highest BCUT2D eigenvalue weighted by molar-refractivity contribution is 5.29. The summed E-state index contributed by atoms with van der Waals surface area (Å²) in [6.45, 7) is 6.96. The van der Waals surface area contributed by atoms with Gasteiger partial charge >= 0.3 is 0 Å². The van der Waals surface area contributed by atoms with Gasteiger partial charge in [-0.1, -0.05) is 45.0 Å². The van der Waals surface area contributed by atoms with Gasteiger partial charge in [-0.3, -0.25) is 0 Å². The van der Waals surface area contributed by atoms with Crippen molar-refractivity contribution in [3.63, 3.8) is 0 Å². The maximum absolute atomic E-state index is 9.24. The molecule has 0 aliphatic carbocycles. The van der Waals surface area contributed by atoms with Crippen LogP contribution in [-0.4, -0.2) is 17.8 Å². The first kappa shape index (κ1) is 13.6. The highest BCUT2D eigenvalue weighted by atomic mass is 16.3. The smallest absolute Gasteiger partial charge is 0.0584 e. The summed E-state index contributed by atoms with van der Waals surface area (Å²) in [6, 6.07) is 9.62. The van der Waals surface area contributed by atoms with E-state index < -0.39 is 0 Å². The third kappa shape index (κ3) is 3.12. The number of hydrogen-bond acceptors (Lipinski definition) is 2. The van der Waals surface area contributed by atoms with Gasteiger partial charge in [-0.2, -0.15) is 0 Å². The van der Waals surface area contributed by atoms with Gasteiger partial charge in [0.25, 0.3) is 0 Å². The van der Waals surface area contributed by atoms with Gasteiger partial charge in [-0.25, -0.2) is 0 Å². The largest absolute Gasteiger partial charge is 0.395 e. The van der Waals surface area contributed by atoms with Crippen LogP contribution in [0.25, 0.3) is 0 Å². The van der Waals surface area contributed by atoms with Crippen LogP contribution in [0.1, 0.15) is 57.2 Å². The standard InChI is InChI=1S/C16H25NO/c1-16(2,3)13-9-7-12(8-10-13)15-6-4-5-14(11-18)17-15/h7-10,14-15,17-18H,4-6,11H2,1-3H3. The van der Waals surface area contributed by atoms with E-state index in [-0.39, 0.29) is 18.1 Å². The molecule has 1 fully saturated rings. The Hall–Kier alpha value is -0.860. The minimum Gasteiger partial charge on any atom is -0.395 e. The van der Waals surface area contributed by atoms with E-state index in [2.05, 4.69) is 50.4 Å². The Kier molecular flexibility index (Phi) is 4.08. The topological polar surface area (TPSA) is 32.3 Å². The van der Waals surface area contributed by atoms with E-state index in [9.17, 15) is 5.11 Å². The predicted octanol–water partition coefficient (Wildman–Crippen LogP) is 3.16. The van der Waals surface area contributed by atoms with Crippen molar-refractivity contribution in [2.24, 2.45) is 0 Å². The number of piperidine rings is 1. The predicted molar refractivity (Wildman–Crippen MR) is 75.7 cm³/mol. The maximum atomic E-state index is 9.24. The number of nitrogens with one attached hydrogen (secondary N) is 1. The SMILES string of the molecule is CC(C)(C)c1ccc(C2CCCC(CO)N2)cc1. The average molecular weight is 247 g/mol. The van der Waals surface area contributed by atoms with Crippen LogP contribution in [-0.2, 0) is 5.41 Å². The lowest BCUT2D eigenvalue weighted by Crippen LogP contribution is -2.39. The Balaban J connectivity index is 2.09. The molecule has 2 N–H and O–H groups in total. The Morgan fingerprint density at radius 3 is 2.39 bits per heavy atom. The molecule has 0 saturated carbocycles. The number of aliphatic hydroxyl groups excluding tert-OH is 1. The van der Waals surface area contributed by atoms with Crippen molar-refractivity contribution in [3.05, 3.63) is 35.4 Å². The van der Waals surface area contributed by atoms with E-state index in [1.54, 1.807) is 0 Å². The van der Waals surface area contributed by atoms with Gasteiger partial charge in [0, 0.05) is 12.1 Å². The number of aliphatic hydroxyl groups is 1. The fraction of sp³-hybridized carbons (Fsp3) is 0.625. The average Bonchev–Trinajstić information content (AvgIpc) is 2.38. The van der Waals surface area contributed by atoms with E-state index >= 15 is 0 Å². The molecule has 1 saturated heterocycles. The molecule has 2 nitrogen and oxygen atoms in total. The van der Waals surface area contributed by atoms with Crippen LogP contribution in [0.15, 0.2) is 24.3 Å². The van der Waals surface area contributed by atoms with Gasteiger partial charge in [-0.15, -0.1) is 0 Å². The summed E-state index contributed by atoms with van der Waals surface area (Å²) >= 11 is 0. The van der Waals surface area contributed by atoms with Crippen LogP contribution in [0.2, 0.25) is 0 Å². The molecule has 0 amide bonds. The zero-order valence-corrected chi connectivity index (χ0v) is 11.7. The molecule has 2 unspecified atom stereocenters. The summed E-state index contributed by atoms with van der Waals surface area (Å²) in [5.41, 5.74) is 2.94. The second kappa shape index (κ2) is 5.41. The normalized spacial score (nSPS) is 25.1. The molecule has 18 heavy (non-hydrogen) atoms. The monoisotopic (exact) mass is 247 g/mol. The van der Waals surface area contributed by atoms with Gasteiger partial charge < -0.3 is 10.4 Å². The second-order valence-electron chi connectivity index (χ2n) is 6.40. The van der Waals surface area contributed by atoms with Crippen molar-refractivity contribution in [2.75, 3.05) is 6.61 Å². The lowest BCUT2D eigenvalue weighted by molar-refractivity contribution is 0.198. The summed E-state index contributed by atoms with van der Waals surface area (Å²) in [5, 5.41) is 12.8. The van der Waals surface area contributed by atoms with Crippen molar-refractivity contribution in [1.29, 1.82) is 0 Å². The van der Waals surface area contributed by atoms with Crippen molar-refractivity contribution in [3.8, 4) is 0 Å². The Morgan fingerprint density at radius 2 is 1.83 bits per heavy atom. The molecule has 1 aliphatic rings. The molecular formula is C16H25NO. The Labute approximate surface area is 110 Å². The summed E-state index contributed by atoms with van der Waals surface area (Å²) in [4.78, 5) is 0. The highest BCUT2D eigenvalue weighted by Crippen LogP contribution is 2.28. The number of benzene rings is 1. The lowest BCUT2D eigenvalue weighted by Gasteiger charge is -2.30. The van der Waals surface area contributed by atoms with Crippen molar-refractivity contribution in [2.45, 2.75) is 57.5 Å². The first-order chi connectivity index (χ1) is 8.50. The van der Waals surface area contributed by atoms with Crippen LogP contribution >= 0.6 is 0 Å². The van der Waals surface area contributed by atoms with Crippen LogP contribution in [0.4, 0.5) is 0 Å². The minimum absolute atomic E-state index is 0.214. The first-order valence-electron chi connectivity index (χ1n) is 6.98. The van der Waals surface area contributed by atoms with Gasteiger partial charge in [-0.05, 0) is 35.8 Å². The molecule has 0 bridgehead atoms. The number of hydrogen-bond donors (Lipinski definition) is 2. The van der Waals surface area contributed by atoms with E-state index in [1.807, 2.05) is 0 Å². The summed E-state index contributed by atoms with van der Waals surface area (Å²) < 4.78 is 0. The summed E-state index contributed by atoms with van der Waals surface area (Å²) in [6.07, 6.45) is 3.46. The fourth-order valence-electron chi connectivity index (χ4n) is 2.64. The van der Waals surface area contributed by atoms with E-state index in [1.165, 1.54) is 24.0 Å². The molecule has 100 valence electrons. The maximum Gasteiger partial charge on any atom is 0.0584 e. The van der Waals surface area contributed by atoms with Gasteiger partial charge in [0.1, 0.15) is 0 Å². The van der Waals surface area contributed by atoms with Crippen LogP contribution in [0.5, 0.6) is 0 Å². The minimum atomic E-state index is 0.214. The second-order valence-corrected chi connectivity index (χ2v) is 6.40. The molecule has 1 aliphatic heterocycles. The van der Waals surface area contributed by atoms with Crippen molar-refractivity contribution < 1.29 is 5.11 Å². The third-order valence-electron chi connectivity index (χ3n) is 3.88. The molecule has 2 heteroatoms. The molecule has 2 atom stereocenters. The molecule has 1 aromatic rings. The van der Waals surface area contributed by atoms with Crippen LogP contribution in [0.3, 0.4) is 0 Å². The zero-order valence-electron chi connectivity index (χ0n) is 11.7. The molecular weight excluding hydrogens is 222 g/mol. The fourth-order valence-corrected chi connectivity index (χ4v) is 2.64. The lowest BCUT2D eigenvalue weighted by atomic mass is 9.85. The van der Waals surface area contributed by atoms with Gasteiger partial charge in [0.05, 0.1) is 6.61 Å². The van der Waals surface area contributed by atoms with E-state index in [4.69, 9.17) is 0 Å². The Bertz CT molecular complexity index is 377. The Morgan fingerprint density at radius 1 is 1.17 bits per heavy atom. The van der Waals surface area contributed by atoms with Gasteiger partial charge in [0.15, 0.2) is 0 Å². The summed E-state index contributed by atoms with van der Waals surface area (Å²) in [5.74, 6) is 0. The molecule has 0 aromatic heterocycles. The number of rotatable bonds is 2. The van der Waals surface area contributed by atoms with Crippen molar-refractivity contribution in [1.82, 2.24) is 5.32 Å².